The summed E-state index contributed by atoms with van der Waals surface area (Å²) in [6.45, 7) is 1.27. The van der Waals surface area contributed by atoms with Gasteiger partial charge in [-0.1, -0.05) is 17.7 Å². The van der Waals surface area contributed by atoms with Crippen LogP contribution in [0.2, 0.25) is 5.02 Å². The molecule has 4 unspecified atom stereocenters. The van der Waals surface area contributed by atoms with E-state index in [2.05, 4.69) is 5.10 Å². The molecule has 0 saturated carbocycles. The van der Waals surface area contributed by atoms with Crippen molar-refractivity contribution in [1.82, 2.24) is 5.01 Å². The molecule has 2 saturated heterocycles. The Labute approximate surface area is 198 Å². The van der Waals surface area contributed by atoms with Crippen LogP contribution in [0, 0.1) is 17.7 Å². The Balaban J connectivity index is 1.52. The average molecular weight is 482 g/mol. The van der Waals surface area contributed by atoms with E-state index >= 15 is 0 Å². The van der Waals surface area contributed by atoms with Crippen LogP contribution in [0.15, 0.2) is 59.7 Å². The summed E-state index contributed by atoms with van der Waals surface area (Å²) in [5, 5.41) is 5.55. The minimum Gasteiger partial charge on any atom is -0.427 e. The second-order valence-electron chi connectivity index (χ2n) is 8.11. The summed E-state index contributed by atoms with van der Waals surface area (Å²) >= 11 is 5.87. The summed E-state index contributed by atoms with van der Waals surface area (Å²) in [5.74, 6) is -4.23. The van der Waals surface area contributed by atoms with E-state index in [0.717, 1.165) is 11.0 Å². The first kappa shape index (κ1) is 22.0. The molecule has 2 aromatic rings. The molecule has 2 amide bonds. The number of esters is 1. The highest BCUT2D eigenvalue weighted by atomic mass is 35.5. The Morgan fingerprint density at radius 2 is 1.76 bits per heavy atom. The van der Waals surface area contributed by atoms with Crippen molar-refractivity contribution in [3.63, 3.8) is 0 Å². The summed E-state index contributed by atoms with van der Waals surface area (Å²) in [5.41, 5.74) is 0.413. The van der Waals surface area contributed by atoms with Crippen molar-refractivity contribution in [2.75, 3.05) is 4.90 Å². The molecule has 0 aromatic heterocycles. The molecule has 4 atom stereocenters. The van der Waals surface area contributed by atoms with Crippen molar-refractivity contribution in [3.8, 4) is 5.75 Å². The van der Waals surface area contributed by atoms with Gasteiger partial charge in [-0.15, -0.1) is 0 Å². The third-order valence-corrected chi connectivity index (χ3v) is 6.41. The van der Waals surface area contributed by atoms with Crippen molar-refractivity contribution in [2.45, 2.75) is 19.0 Å². The van der Waals surface area contributed by atoms with Gasteiger partial charge in [0.2, 0.25) is 11.8 Å². The van der Waals surface area contributed by atoms with Gasteiger partial charge in [0.05, 0.1) is 28.6 Å². The maximum Gasteiger partial charge on any atom is 0.308 e. The minimum absolute atomic E-state index is 0.141. The van der Waals surface area contributed by atoms with E-state index in [4.69, 9.17) is 16.3 Å². The van der Waals surface area contributed by atoms with Crippen molar-refractivity contribution < 1.29 is 28.3 Å². The molecule has 0 radical (unpaired) electrons. The highest BCUT2D eigenvalue weighted by molar-refractivity contribution is 6.31. The summed E-state index contributed by atoms with van der Waals surface area (Å²) in [7, 11) is 0. The maximum atomic E-state index is 13.7. The molecule has 0 aliphatic carbocycles. The zero-order chi connectivity index (χ0) is 24.1. The van der Waals surface area contributed by atoms with Crippen LogP contribution in [0.5, 0.6) is 5.75 Å². The lowest BCUT2D eigenvalue weighted by atomic mass is 9.86. The summed E-state index contributed by atoms with van der Waals surface area (Å²) < 4.78 is 18.7. The van der Waals surface area contributed by atoms with Gasteiger partial charge in [0.25, 0.3) is 0 Å². The summed E-state index contributed by atoms with van der Waals surface area (Å²) in [6, 6.07) is 7.90. The number of anilines is 1. The van der Waals surface area contributed by atoms with Crippen LogP contribution in [0.4, 0.5) is 10.1 Å². The van der Waals surface area contributed by atoms with Crippen LogP contribution >= 0.6 is 11.6 Å². The van der Waals surface area contributed by atoms with Gasteiger partial charge in [0.1, 0.15) is 17.6 Å². The summed E-state index contributed by atoms with van der Waals surface area (Å²) in [4.78, 5) is 52.6. The van der Waals surface area contributed by atoms with Crippen molar-refractivity contribution in [2.24, 2.45) is 16.9 Å². The number of allylic oxidation sites excluding steroid dienone is 1. The number of hydrogen-bond acceptors (Lipinski definition) is 7. The Kier molecular flexibility index (Phi) is 5.28. The predicted molar refractivity (Wildman–Crippen MR) is 120 cm³/mol. The third-order valence-electron chi connectivity index (χ3n) is 6.12. The molecule has 3 aliphatic heterocycles. The number of nitrogens with zero attached hydrogens (tertiary/aromatic N) is 3. The number of hydrazone groups is 1. The van der Waals surface area contributed by atoms with Crippen LogP contribution in [-0.4, -0.2) is 46.9 Å². The molecule has 10 heteroatoms. The quantitative estimate of drug-likeness (QED) is 0.288. The molecule has 172 valence electrons. The smallest absolute Gasteiger partial charge is 0.308 e. The lowest BCUT2D eigenvalue weighted by molar-refractivity contribution is -0.132. The van der Waals surface area contributed by atoms with Crippen molar-refractivity contribution in [3.05, 3.63) is 71.0 Å². The maximum absolute atomic E-state index is 13.7. The van der Waals surface area contributed by atoms with Crippen LogP contribution in [0.25, 0.3) is 0 Å². The molecule has 2 aromatic carbocycles. The first-order chi connectivity index (χ1) is 16.3. The van der Waals surface area contributed by atoms with Crippen LogP contribution in [-0.2, 0) is 14.4 Å². The number of imide groups is 1. The number of hydrogen-bond donors (Lipinski definition) is 0. The zero-order valence-electron chi connectivity index (χ0n) is 17.7. The normalized spacial score (nSPS) is 24.9. The van der Waals surface area contributed by atoms with Crippen LogP contribution in [0.1, 0.15) is 17.3 Å². The standard InChI is InChI=1S/C24H17ClFN3O5/c1-12(30)34-15-7-4-13(5-8-15)22(31)21-20-19(18-3-2-10-27-29(18)21)23(32)28(24(20)33)14-6-9-17(26)16(25)11-14/h2-11,18-21H,1H3. The molecule has 8 nitrogen and oxygen atoms in total. The van der Waals surface area contributed by atoms with Gasteiger partial charge in [-0.25, -0.2) is 9.29 Å². The fourth-order valence-corrected chi connectivity index (χ4v) is 4.91. The Bertz CT molecular complexity index is 1290. The predicted octanol–water partition coefficient (Wildman–Crippen LogP) is 3.00. The molecule has 0 N–H and O–H groups in total. The van der Waals surface area contributed by atoms with E-state index in [9.17, 15) is 23.6 Å². The Morgan fingerprint density at radius 3 is 2.44 bits per heavy atom. The molecular weight excluding hydrogens is 465 g/mol. The average Bonchev–Trinajstić information content (AvgIpc) is 3.28. The monoisotopic (exact) mass is 481 g/mol. The molecular formula is C24H17ClFN3O5. The first-order valence-corrected chi connectivity index (χ1v) is 10.8. The van der Waals surface area contributed by atoms with Gasteiger partial charge in [-0.05, 0) is 48.5 Å². The van der Waals surface area contributed by atoms with E-state index in [-0.39, 0.29) is 22.0 Å². The third kappa shape index (κ3) is 3.40. The van der Waals surface area contributed by atoms with Gasteiger partial charge < -0.3 is 4.74 Å². The highest BCUT2D eigenvalue weighted by Gasteiger charge is 2.64. The number of ether oxygens (including phenoxy) is 1. The number of fused-ring (bicyclic) bond motifs is 3. The molecule has 3 heterocycles. The summed E-state index contributed by atoms with van der Waals surface area (Å²) in [6.07, 6.45) is 4.89. The number of Topliss-reactive ketones (excluding diaryl/α,β-unsaturated/α-hetero) is 1. The molecule has 2 fully saturated rings. The van der Waals surface area contributed by atoms with Gasteiger partial charge >= 0.3 is 5.97 Å². The van der Waals surface area contributed by atoms with E-state index in [0.29, 0.717) is 0 Å². The van der Waals surface area contributed by atoms with E-state index in [1.54, 1.807) is 12.2 Å². The van der Waals surface area contributed by atoms with E-state index < -0.39 is 53.3 Å². The second-order valence-corrected chi connectivity index (χ2v) is 8.52. The molecule has 0 bridgehead atoms. The number of rotatable bonds is 4. The van der Waals surface area contributed by atoms with E-state index in [1.165, 1.54) is 54.5 Å². The SMILES string of the molecule is CC(=O)Oc1ccc(C(=O)C2C3C(=O)N(c4ccc(F)c(Cl)c4)C(=O)C3C3C=CC=NN32)cc1. The molecule has 3 aliphatic rings. The van der Waals surface area contributed by atoms with Gasteiger partial charge in [-0.2, -0.15) is 5.10 Å². The number of amides is 2. The lowest BCUT2D eigenvalue weighted by Gasteiger charge is -2.30. The van der Waals surface area contributed by atoms with Crippen LogP contribution < -0.4 is 9.64 Å². The highest BCUT2D eigenvalue weighted by Crippen LogP contribution is 2.46. The van der Waals surface area contributed by atoms with Crippen molar-refractivity contribution >= 4 is 47.1 Å². The fourth-order valence-electron chi connectivity index (χ4n) is 4.74. The van der Waals surface area contributed by atoms with E-state index in [1.807, 2.05) is 0 Å². The Morgan fingerprint density at radius 1 is 1.06 bits per heavy atom. The van der Waals surface area contributed by atoms with Crippen LogP contribution in [0.3, 0.4) is 0 Å². The Hall–Kier alpha value is -3.85. The number of carbonyl (C=O) groups excluding carboxylic acids is 4. The fraction of sp³-hybridized carbons (Fsp3) is 0.208. The van der Waals surface area contributed by atoms with Gasteiger partial charge in [0, 0.05) is 18.7 Å². The molecule has 34 heavy (non-hydrogen) atoms. The topological polar surface area (TPSA) is 96.3 Å². The number of ketones is 1. The van der Waals surface area contributed by atoms with Gasteiger partial charge in [-0.3, -0.25) is 24.2 Å². The lowest BCUT2D eigenvalue weighted by Crippen LogP contribution is -2.46. The first-order valence-electron chi connectivity index (χ1n) is 10.4. The van der Waals surface area contributed by atoms with Crippen molar-refractivity contribution in [1.29, 1.82) is 0 Å². The molecule has 0 spiro atoms. The van der Waals surface area contributed by atoms with Gasteiger partial charge in [0.15, 0.2) is 5.78 Å². The minimum atomic E-state index is -1.03. The zero-order valence-corrected chi connectivity index (χ0v) is 18.5. The largest absolute Gasteiger partial charge is 0.427 e. The number of halogens is 2. The molecule has 5 rings (SSSR count). The second kappa shape index (κ2) is 8.18. The number of benzene rings is 2. The number of carbonyl (C=O) groups is 4.